The Kier molecular flexibility index (Phi) is 1.93. The van der Waals surface area contributed by atoms with Gasteiger partial charge in [-0.05, 0) is 49.8 Å². The largest absolute Gasteiger partial charge is 0.370 e. The number of rotatable bonds is 0. The summed E-state index contributed by atoms with van der Waals surface area (Å²) in [6, 6.07) is 4.65. The van der Waals surface area contributed by atoms with Crippen molar-refractivity contribution in [3.05, 3.63) is 34.4 Å². The topological polar surface area (TPSA) is 9.23 Å². The van der Waals surface area contributed by atoms with Crippen molar-refractivity contribution in [1.29, 1.82) is 0 Å². The van der Waals surface area contributed by atoms with Crippen molar-refractivity contribution in [3.63, 3.8) is 0 Å². The number of aryl methyl sites for hydroxylation is 2. The molecular weight excluding hydrogens is 184 g/mol. The van der Waals surface area contributed by atoms with Crippen LogP contribution in [0.4, 0.5) is 0 Å². The molecular formula is C14H18O. The number of benzene rings is 1. The van der Waals surface area contributed by atoms with Gasteiger partial charge in [0.15, 0.2) is 0 Å². The van der Waals surface area contributed by atoms with Crippen LogP contribution in [0, 0.1) is 13.8 Å². The Labute approximate surface area is 91.5 Å². The first-order valence-corrected chi connectivity index (χ1v) is 5.96. The van der Waals surface area contributed by atoms with Crippen molar-refractivity contribution in [3.8, 4) is 0 Å². The highest BCUT2D eigenvalue weighted by molar-refractivity contribution is 5.44. The first-order valence-electron chi connectivity index (χ1n) is 5.96. The van der Waals surface area contributed by atoms with Gasteiger partial charge in [0.25, 0.3) is 0 Å². The molecule has 1 heteroatoms. The fraction of sp³-hybridized carbons (Fsp3) is 0.571. The van der Waals surface area contributed by atoms with Gasteiger partial charge >= 0.3 is 0 Å². The van der Waals surface area contributed by atoms with Crippen molar-refractivity contribution < 1.29 is 4.74 Å². The minimum atomic E-state index is 0.115. The molecule has 1 unspecified atom stereocenters. The number of hydrogen-bond acceptors (Lipinski definition) is 1. The van der Waals surface area contributed by atoms with Gasteiger partial charge in [-0.2, -0.15) is 0 Å². The van der Waals surface area contributed by atoms with E-state index in [-0.39, 0.29) is 5.60 Å². The Morgan fingerprint density at radius 2 is 2.00 bits per heavy atom. The Hall–Kier alpha value is -0.820. The van der Waals surface area contributed by atoms with E-state index < -0.39 is 0 Å². The maximum Gasteiger partial charge on any atom is 0.0956 e. The summed E-state index contributed by atoms with van der Waals surface area (Å²) in [5, 5.41) is 0. The lowest BCUT2D eigenvalue weighted by molar-refractivity contribution is -0.163. The van der Waals surface area contributed by atoms with Crippen molar-refractivity contribution in [2.24, 2.45) is 0 Å². The maximum atomic E-state index is 5.90. The monoisotopic (exact) mass is 202 g/mol. The second-order valence-electron chi connectivity index (χ2n) is 5.05. The highest BCUT2D eigenvalue weighted by Gasteiger charge is 2.43. The third-order valence-corrected chi connectivity index (χ3v) is 4.00. The van der Waals surface area contributed by atoms with Crippen LogP contribution in [0.3, 0.4) is 0 Å². The van der Waals surface area contributed by atoms with Gasteiger partial charge in [-0.15, -0.1) is 0 Å². The molecule has 1 aliphatic heterocycles. The Morgan fingerprint density at radius 1 is 1.20 bits per heavy atom. The zero-order valence-corrected chi connectivity index (χ0v) is 9.60. The summed E-state index contributed by atoms with van der Waals surface area (Å²) in [7, 11) is 0. The smallest absolute Gasteiger partial charge is 0.0956 e. The van der Waals surface area contributed by atoms with Gasteiger partial charge in [-0.25, -0.2) is 0 Å². The van der Waals surface area contributed by atoms with Crippen molar-refractivity contribution >= 4 is 0 Å². The summed E-state index contributed by atoms with van der Waals surface area (Å²) in [5.74, 6) is 0. The van der Waals surface area contributed by atoms with Gasteiger partial charge in [0.05, 0.1) is 12.2 Å². The first kappa shape index (κ1) is 9.41. The van der Waals surface area contributed by atoms with Crippen LogP contribution in [0.25, 0.3) is 0 Å². The minimum absolute atomic E-state index is 0.115. The van der Waals surface area contributed by atoms with E-state index >= 15 is 0 Å². The molecule has 0 N–H and O–H groups in total. The lowest BCUT2D eigenvalue weighted by Gasteiger charge is -2.46. The summed E-state index contributed by atoms with van der Waals surface area (Å²) >= 11 is 0. The van der Waals surface area contributed by atoms with E-state index in [1.54, 1.807) is 5.56 Å². The van der Waals surface area contributed by atoms with Gasteiger partial charge in [-0.3, -0.25) is 0 Å². The third kappa shape index (κ3) is 1.26. The Bertz CT molecular complexity index is 402. The highest BCUT2D eigenvalue weighted by Crippen LogP contribution is 2.47. The molecule has 1 aromatic rings. The Morgan fingerprint density at radius 3 is 2.67 bits per heavy atom. The second-order valence-corrected chi connectivity index (χ2v) is 5.05. The predicted octanol–water partition coefficient (Wildman–Crippen LogP) is 3.26. The summed E-state index contributed by atoms with van der Waals surface area (Å²) in [6.07, 6.45) is 4.98. The first-order chi connectivity index (χ1) is 7.21. The quantitative estimate of drug-likeness (QED) is 0.627. The molecule has 3 rings (SSSR count). The molecule has 1 heterocycles. The Balaban J connectivity index is 2.18. The zero-order valence-electron chi connectivity index (χ0n) is 9.60. The van der Waals surface area contributed by atoms with E-state index in [1.807, 2.05) is 0 Å². The SMILES string of the molecule is Cc1cc(C)c2c(c1)C1(CCC2)CCO1. The fourth-order valence-corrected chi connectivity index (χ4v) is 3.18. The van der Waals surface area contributed by atoms with Crippen LogP contribution in [0.1, 0.15) is 41.5 Å². The maximum absolute atomic E-state index is 5.90. The minimum Gasteiger partial charge on any atom is -0.370 e. The molecule has 0 bridgehead atoms. The van der Waals surface area contributed by atoms with E-state index in [2.05, 4.69) is 26.0 Å². The molecule has 1 aromatic carbocycles. The molecule has 1 aliphatic carbocycles. The highest BCUT2D eigenvalue weighted by atomic mass is 16.5. The molecule has 1 saturated heterocycles. The van der Waals surface area contributed by atoms with Crippen LogP contribution in [0.15, 0.2) is 12.1 Å². The third-order valence-electron chi connectivity index (χ3n) is 4.00. The molecule has 0 radical (unpaired) electrons. The molecule has 1 nitrogen and oxygen atoms in total. The molecule has 0 amide bonds. The van der Waals surface area contributed by atoms with Crippen molar-refractivity contribution in [1.82, 2.24) is 0 Å². The number of fused-ring (bicyclic) bond motifs is 2. The van der Waals surface area contributed by atoms with E-state index in [0.29, 0.717) is 0 Å². The average molecular weight is 202 g/mol. The molecule has 0 saturated carbocycles. The lowest BCUT2D eigenvalue weighted by Crippen LogP contribution is -2.43. The predicted molar refractivity (Wildman–Crippen MR) is 61.1 cm³/mol. The normalized spacial score (nSPS) is 28.7. The van der Waals surface area contributed by atoms with Gasteiger partial charge < -0.3 is 4.74 Å². The van der Waals surface area contributed by atoms with E-state index in [9.17, 15) is 0 Å². The van der Waals surface area contributed by atoms with Crippen molar-refractivity contribution in [2.75, 3.05) is 6.61 Å². The molecule has 1 fully saturated rings. The molecule has 1 spiro atoms. The second kappa shape index (κ2) is 3.08. The summed E-state index contributed by atoms with van der Waals surface area (Å²) < 4.78 is 5.90. The molecule has 80 valence electrons. The van der Waals surface area contributed by atoms with Crippen LogP contribution < -0.4 is 0 Å². The number of ether oxygens (including phenoxy) is 1. The van der Waals surface area contributed by atoms with E-state index in [4.69, 9.17) is 4.74 Å². The molecule has 0 aromatic heterocycles. The lowest BCUT2D eigenvalue weighted by atomic mass is 9.73. The average Bonchev–Trinajstić information content (AvgIpc) is 2.14. The zero-order chi connectivity index (χ0) is 10.5. The van der Waals surface area contributed by atoms with Crippen LogP contribution in [-0.2, 0) is 16.8 Å². The van der Waals surface area contributed by atoms with Gasteiger partial charge in [0.1, 0.15) is 0 Å². The van der Waals surface area contributed by atoms with E-state index in [0.717, 1.165) is 6.61 Å². The van der Waals surface area contributed by atoms with Crippen LogP contribution in [0.2, 0.25) is 0 Å². The van der Waals surface area contributed by atoms with Crippen LogP contribution >= 0.6 is 0 Å². The number of hydrogen-bond donors (Lipinski definition) is 0. The molecule has 15 heavy (non-hydrogen) atoms. The molecule has 1 atom stereocenters. The van der Waals surface area contributed by atoms with Crippen LogP contribution in [0.5, 0.6) is 0 Å². The summed E-state index contributed by atoms with van der Waals surface area (Å²) in [4.78, 5) is 0. The molecule has 2 aliphatic rings. The van der Waals surface area contributed by atoms with Gasteiger partial charge in [-0.1, -0.05) is 17.7 Å². The van der Waals surface area contributed by atoms with Crippen LogP contribution in [-0.4, -0.2) is 6.61 Å². The van der Waals surface area contributed by atoms with Gasteiger partial charge in [0, 0.05) is 6.42 Å². The summed E-state index contributed by atoms with van der Waals surface area (Å²) in [6.45, 7) is 5.38. The van der Waals surface area contributed by atoms with Gasteiger partial charge in [0.2, 0.25) is 0 Å². The fourth-order valence-electron chi connectivity index (χ4n) is 3.18. The summed E-state index contributed by atoms with van der Waals surface area (Å²) in [5.41, 5.74) is 6.01. The standard InChI is InChI=1S/C14H18O/c1-10-8-11(2)12-4-3-5-14(6-7-15-14)13(12)9-10/h8-9H,3-7H2,1-2H3. The van der Waals surface area contributed by atoms with E-state index in [1.165, 1.54) is 42.4 Å². The van der Waals surface area contributed by atoms with Crippen molar-refractivity contribution in [2.45, 2.75) is 45.1 Å².